The maximum atomic E-state index is 13.0. The van der Waals surface area contributed by atoms with Crippen molar-refractivity contribution < 1.29 is 24.3 Å². The first-order chi connectivity index (χ1) is 15.2. The summed E-state index contributed by atoms with van der Waals surface area (Å²) in [6.45, 7) is 0.878. The molecule has 7 N–H and O–H groups in total. The zero-order valence-electron chi connectivity index (χ0n) is 18.0. The zero-order chi connectivity index (χ0) is 23.7. The van der Waals surface area contributed by atoms with Crippen LogP contribution in [0.15, 0.2) is 30.5 Å². The smallest absolute Gasteiger partial charge is 0.322 e. The maximum absolute atomic E-state index is 13.0. The lowest BCUT2D eigenvalue weighted by Crippen LogP contribution is -2.56. The Labute approximate surface area is 190 Å². The molecule has 0 spiro atoms. The lowest BCUT2D eigenvalue weighted by atomic mass is 10.0. The highest BCUT2D eigenvalue weighted by atomic mass is 32.2. The molecule has 0 saturated carbocycles. The number of benzene rings is 1. The molecule has 3 atom stereocenters. The number of hydrogen-bond acceptors (Lipinski definition) is 6. The van der Waals surface area contributed by atoms with Crippen LogP contribution >= 0.6 is 11.8 Å². The van der Waals surface area contributed by atoms with Crippen molar-refractivity contribution in [3.05, 3.63) is 36.0 Å². The van der Waals surface area contributed by atoms with E-state index in [2.05, 4.69) is 20.9 Å². The number of nitrogens with two attached hydrogens (primary N) is 1. The average Bonchev–Trinajstić information content (AvgIpc) is 3.17. The Hall–Kier alpha value is -3.05. The van der Waals surface area contributed by atoms with Crippen LogP contribution in [-0.2, 0) is 25.6 Å². The van der Waals surface area contributed by atoms with Gasteiger partial charge in [0.25, 0.3) is 0 Å². The summed E-state index contributed by atoms with van der Waals surface area (Å²) in [5.74, 6) is -2.16. The standard InChI is InChI=1S/C21H29N5O5S/c1-12(19(29)24-11-18(27)28)25-21(31)17(26-20(30)15(22)7-8-32-2)9-13-10-23-16-6-4-3-5-14(13)16/h3-6,10,12,15,17,23H,7-9,11,22H2,1-2H3,(H,24,29)(H,25,31)(H,26,30)(H,27,28). The van der Waals surface area contributed by atoms with Crippen LogP contribution in [0.3, 0.4) is 0 Å². The summed E-state index contributed by atoms with van der Waals surface area (Å²) < 4.78 is 0. The quantitative estimate of drug-likeness (QED) is 0.257. The number of amides is 3. The minimum absolute atomic E-state index is 0.181. The Kier molecular flexibility index (Phi) is 9.54. The number of carboxylic acids is 1. The molecule has 0 fully saturated rings. The third kappa shape index (κ3) is 7.27. The first-order valence-electron chi connectivity index (χ1n) is 10.1. The Morgan fingerprint density at radius 1 is 1.12 bits per heavy atom. The first kappa shape index (κ1) is 25.2. The summed E-state index contributed by atoms with van der Waals surface area (Å²) in [7, 11) is 0. The number of aromatic amines is 1. The van der Waals surface area contributed by atoms with Gasteiger partial charge in [-0.2, -0.15) is 11.8 Å². The van der Waals surface area contributed by atoms with E-state index in [9.17, 15) is 19.2 Å². The monoisotopic (exact) mass is 463 g/mol. The van der Waals surface area contributed by atoms with Crippen LogP contribution in [0.2, 0.25) is 0 Å². The lowest BCUT2D eigenvalue weighted by molar-refractivity contribution is -0.138. The van der Waals surface area contributed by atoms with Gasteiger partial charge in [-0.15, -0.1) is 0 Å². The molecule has 0 saturated heterocycles. The van der Waals surface area contributed by atoms with Crippen molar-refractivity contribution in [1.82, 2.24) is 20.9 Å². The van der Waals surface area contributed by atoms with Crippen LogP contribution in [0.25, 0.3) is 10.9 Å². The maximum Gasteiger partial charge on any atom is 0.322 e. The SMILES string of the molecule is CSCCC(N)C(=O)NC(Cc1c[nH]c2ccccc12)C(=O)NC(C)C(=O)NCC(=O)O. The molecule has 2 rings (SSSR count). The fraction of sp³-hybridized carbons (Fsp3) is 0.429. The van der Waals surface area contributed by atoms with E-state index in [1.807, 2.05) is 30.5 Å². The second-order valence-corrected chi connectivity index (χ2v) is 8.34. The van der Waals surface area contributed by atoms with Crippen LogP contribution in [0.1, 0.15) is 18.9 Å². The molecule has 3 amide bonds. The Morgan fingerprint density at radius 2 is 1.84 bits per heavy atom. The number of nitrogens with one attached hydrogen (secondary N) is 4. The molecule has 32 heavy (non-hydrogen) atoms. The summed E-state index contributed by atoms with van der Waals surface area (Å²) in [6.07, 6.45) is 4.32. The molecule has 2 aromatic rings. The number of carbonyl (C=O) groups excluding carboxylic acids is 3. The molecule has 1 heterocycles. The van der Waals surface area contributed by atoms with E-state index in [-0.39, 0.29) is 6.42 Å². The predicted octanol–water partition coefficient (Wildman–Crippen LogP) is -0.0189. The highest BCUT2D eigenvalue weighted by Crippen LogP contribution is 2.19. The molecule has 0 bridgehead atoms. The van der Waals surface area contributed by atoms with Gasteiger partial charge >= 0.3 is 5.97 Å². The van der Waals surface area contributed by atoms with E-state index in [4.69, 9.17) is 10.8 Å². The van der Waals surface area contributed by atoms with Gasteiger partial charge in [0.05, 0.1) is 6.04 Å². The zero-order valence-corrected chi connectivity index (χ0v) is 18.8. The van der Waals surface area contributed by atoms with Crippen molar-refractivity contribution in [2.45, 2.75) is 37.9 Å². The Bertz CT molecular complexity index is 963. The second kappa shape index (κ2) is 12.1. The number of H-pyrrole nitrogens is 1. The van der Waals surface area contributed by atoms with Crippen LogP contribution < -0.4 is 21.7 Å². The van der Waals surface area contributed by atoms with Crippen molar-refractivity contribution in [2.75, 3.05) is 18.6 Å². The number of para-hydroxylation sites is 1. The minimum atomic E-state index is -1.19. The predicted molar refractivity (Wildman–Crippen MR) is 123 cm³/mol. The van der Waals surface area contributed by atoms with Crippen LogP contribution in [0, 0.1) is 0 Å². The molecule has 1 aromatic heterocycles. The first-order valence-corrected chi connectivity index (χ1v) is 11.5. The summed E-state index contributed by atoms with van der Waals surface area (Å²) >= 11 is 1.57. The van der Waals surface area contributed by atoms with Gasteiger partial charge in [0.1, 0.15) is 18.6 Å². The molecule has 0 radical (unpaired) electrons. The molecular formula is C21H29N5O5S. The van der Waals surface area contributed by atoms with Crippen LogP contribution in [0.4, 0.5) is 0 Å². The number of rotatable bonds is 12. The topological polar surface area (TPSA) is 166 Å². The van der Waals surface area contributed by atoms with Gasteiger partial charge in [-0.1, -0.05) is 18.2 Å². The third-order valence-corrected chi connectivity index (χ3v) is 5.51. The number of hydrogen-bond donors (Lipinski definition) is 6. The molecule has 0 aliphatic heterocycles. The summed E-state index contributed by atoms with van der Waals surface area (Å²) in [5.41, 5.74) is 7.67. The highest BCUT2D eigenvalue weighted by Gasteiger charge is 2.27. The second-order valence-electron chi connectivity index (χ2n) is 7.35. The van der Waals surface area contributed by atoms with Gasteiger partial charge in [0, 0.05) is 23.5 Å². The largest absolute Gasteiger partial charge is 0.480 e. The molecular weight excluding hydrogens is 434 g/mol. The molecule has 11 heteroatoms. The van der Waals surface area contributed by atoms with Crippen molar-refractivity contribution in [2.24, 2.45) is 5.73 Å². The van der Waals surface area contributed by atoms with Gasteiger partial charge in [0.2, 0.25) is 17.7 Å². The van der Waals surface area contributed by atoms with Crippen molar-refractivity contribution in [3.8, 4) is 0 Å². The fourth-order valence-corrected chi connectivity index (χ4v) is 3.57. The van der Waals surface area contributed by atoms with E-state index in [0.29, 0.717) is 12.2 Å². The molecule has 3 unspecified atom stereocenters. The number of thioether (sulfide) groups is 1. The summed E-state index contributed by atoms with van der Waals surface area (Å²) in [6, 6.07) is 4.84. The average molecular weight is 464 g/mol. The van der Waals surface area contributed by atoms with Gasteiger partial charge in [0.15, 0.2) is 0 Å². The molecule has 174 valence electrons. The Morgan fingerprint density at radius 3 is 2.53 bits per heavy atom. The van der Waals surface area contributed by atoms with Gasteiger partial charge < -0.3 is 31.8 Å². The highest BCUT2D eigenvalue weighted by molar-refractivity contribution is 7.98. The van der Waals surface area contributed by atoms with Crippen molar-refractivity contribution in [3.63, 3.8) is 0 Å². The van der Waals surface area contributed by atoms with E-state index in [0.717, 1.165) is 16.5 Å². The molecule has 10 nitrogen and oxygen atoms in total. The van der Waals surface area contributed by atoms with Gasteiger partial charge in [-0.3, -0.25) is 19.2 Å². The van der Waals surface area contributed by atoms with E-state index in [1.54, 1.807) is 18.0 Å². The molecule has 1 aromatic carbocycles. The minimum Gasteiger partial charge on any atom is -0.480 e. The number of aliphatic carboxylic acids is 1. The van der Waals surface area contributed by atoms with Crippen LogP contribution in [-0.4, -0.2) is 70.5 Å². The van der Waals surface area contributed by atoms with Crippen molar-refractivity contribution in [1.29, 1.82) is 0 Å². The number of carboxylic acid groups (broad SMARTS) is 1. The Balaban J connectivity index is 2.15. The van der Waals surface area contributed by atoms with Gasteiger partial charge in [-0.25, -0.2) is 0 Å². The molecule has 0 aliphatic rings. The third-order valence-electron chi connectivity index (χ3n) is 4.87. The number of fused-ring (bicyclic) bond motifs is 1. The van der Waals surface area contributed by atoms with Gasteiger partial charge in [-0.05, 0) is 37.0 Å². The normalized spacial score (nSPS) is 13.7. The van der Waals surface area contributed by atoms with E-state index < -0.39 is 48.4 Å². The summed E-state index contributed by atoms with van der Waals surface area (Å²) in [5, 5.41) is 17.1. The molecule has 0 aliphatic carbocycles. The summed E-state index contributed by atoms with van der Waals surface area (Å²) in [4.78, 5) is 51.3. The van der Waals surface area contributed by atoms with Crippen molar-refractivity contribution >= 4 is 46.4 Å². The van der Waals surface area contributed by atoms with E-state index >= 15 is 0 Å². The van der Waals surface area contributed by atoms with Crippen LogP contribution in [0.5, 0.6) is 0 Å². The lowest BCUT2D eigenvalue weighted by Gasteiger charge is -2.22. The number of carbonyl (C=O) groups is 4. The number of aromatic nitrogens is 1. The fourth-order valence-electron chi connectivity index (χ4n) is 3.08. The van der Waals surface area contributed by atoms with E-state index in [1.165, 1.54) is 6.92 Å².